The van der Waals surface area contributed by atoms with Gasteiger partial charge < -0.3 is 64.7 Å². The van der Waals surface area contributed by atoms with Crippen molar-refractivity contribution in [3.05, 3.63) is 98.1 Å². The zero-order chi connectivity index (χ0) is 56.3. The van der Waals surface area contributed by atoms with Crippen molar-refractivity contribution in [3.8, 4) is 11.5 Å². The van der Waals surface area contributed by atoms with Crippen LogP contribution in [0.5, 0.6) is 11.5 Å². The van der Waals surface area contributed by atoms with Gasteiger partial charge in [0, 0.05) is 83.3 Å². The summed E-state index contributed by atoms with van der Waals surface area (Å²) in [5.41, 5.74) is 8.41. The number of ketones is 1. The van der Waals surface area contributed by atoms with Crippen molar-refractivity contribution in [3.63, 3.8) is 0 Å². The number of amides is 1. The first-order valence-electron chi connectivity index (χ1n) is 26.5. The van der Waals surface area contributed by atoms with Crippen LogP contribution in [-0.4, -0.2) is 131 Å². The van der Waals surface area contributed by atoms with Gasteiger partial charge in [-0.3, -0.25) is 18.7 Å². The molecule has 2 unspecified atom stereocenters. The summed E-state index contributed by atoms with van der Waals surface area (Å²) in [6.07, 6.45) is 5.92. The predicted molar refractivity (Wildman–Crippen MR) is 281 cm³/mol. The van der Waals surface area contributed by atoms with Crippen LogP contribution in [0.1, 0.15) is 118 Å². The standard InChI is InChI=1S/C51H59N8O18P3/c60-37(24-39(61)52-15-3-1-2-4-16-53-48-41-49(55-26-54-48)59(27-56-41)50-45(63)44(62)38(74-50)25-73-79(69,70)77-80(71,72)76-78(66,67)68)28-13-14-31(51(64)65)34(21-28)40-35-22-29-9-5-17-57-19-7-11-32(42(29)57)46(35)75-47-33-12-8-20-58-18-6-10-30(43(33)58)23-36(40)47/h13-14,21-23,26-27,38,44-45,50,62-63H,1-12,15-20,24-25H2,(H6-,52,53,54,55,61,64,65,66,67,68,69,70,71,72)/t38-,44-,45-,50-/m1/s1. The number of phosphoric ester groups is 1. The molecule has 0 radical (unpaired) electrons. The molecular formula is C51H59N8O18P3. The third-order valence-corrected chi connectivity index (χ3v) is 19.1. The Bertz CT molecular complexity index is 3620. The Labute approximate surface area is 456 Å². The van der Waals surface area contributed by atoms with Crippen molar-refractivity contribution >= 4 is 69.4 Å². The largest absolute Gasteiger partial charge is 0.545 e. The van der Waals surface area contributed by atoms with Crippen LogP contribution in [-0.2, 0) is 62.1 Å². The number of aliphatic hydroxyl groups excluding tert-OH is 2. The van der Waals surface area contributed by atoms with Crippen LogP contribution in [0.15, 0.2) is 43.0 Å². The van der Waals surface area contributed by atoms with Gasteiger partial charge >= 0.3 is 23.5 Å². The van der Waals surface area contributed by atoms with E-state index in [-0.39, 0.29) is 22.3 Å². The molecule has 80 heavy (non-hydrogen) atoms. The number of rotatable bonds is 21. The van der Waals surface area contributed by atoms with Gasteiger partial charge in [-0.15, -0.1) is 0 Å². The van der Waals surface area contributed by atoms with Crippen LogP contribution >= 0.6 is 23.5 Å². The number of nitrogens with one attached hydrogen (secondary N) is 2. The fraction of sp³-hybridized carbons (Fsp3) is 0.471. The Balaban J connectivity index is 0.706. The summed E-state index contributed by atoms with van der Waals surface area (Å²) in [4.78, 5) is 92.3. The highest BCUT2D eigenvalue weighted by Gasteiger charge is 2.47. The maximum Gasteiger partial charge on any atom is 0.490 e. The number of fused-ring (bicyclic) bond motifs is 5. The molecule has 2 aromatic heterocycles. The van der Waals surface area contributed by atoms with E-state index < -0.39 is 78.7 Å². The van der Waals surface area contributed by atoms with Crippen molar-refractivity contribution in [2.45, 2.75) is 108 Å². The SMILES string of the molecule is O=C(CC(=O)c1ccc(C(=O)[O-])c(C2=c3cc4c5c(c3Oc3c2cc2c6c3CCCN6CCC2)CCC[N+]=5CCC4)c1)NCCCCCCNc1ncnc2c1ncn2[C@@H]1O[C@H](COP(=O)(O)OP(=O)(O)OP(=O)(O)O)[C@@H](O)[C@H]1O. The number of Topliss-reactive ketones (excluding diaryl/α,β-unsaturated/α-hetero) is 1. The number of nitrogens with zero attached hydrogens (tertiary/aromatic N) is 6. The lowest BCUT2D eigenvalue weighted by atomic mass is 9.81. The van der Waals surface area contributed by atoms with Crippen molar-refractivity contribution in [2.75, 3.05) is 56.1 Å². The Kier molecular flexibility index (Phi) is 15.8. The van der Waals surface area contributed by atoms with Crippen LogP contribution in [0.25, 0.3) is 16.7 Å². The van der Waals surface area contributed by atoms with Crippen molar-refractivity contribution in [1.82, 2.24) is 29.4 Å². The molecule has 1 amide bonds. The summed E-state index contributed by atoms with van der Waals surface area (Å²) in [6, 6.07) is 8.83. The van der Waals surface area contributed by atoms with E-state index >= 15 is 0 Å². The zero-order valence-corrected chi connectivity index (χ0v) is 45.8. The molecule has 8 N–H and O–H groups in total. The summed E-state index contributed by atoms with van der Waals surface area (Å²) in [7, 11) is -17.0. The lowest BCUT2D eigenvalue weighted by Crippen LogP contribution is -2.45. The van der Waals surface area contributed by atoms with E-state index in [0.717, 1.165) is 124 Å². The van der Waals surface area contributed by atoms with Crippen LogP contribution in [0.2, 0.25) is 0 Å². The number of phosphoric acid groups is 3. The second-order valence-electron chi connectivity index (χ2n) is 20.7. The number of aryl methyl sites for hydroxylation is 2. The minimum Gasteiger partial charge on any atom is -0.545 e. The van der Waals surface area contributed by atoms with Crippen LogP contribution in [0, 0.1) is 0 Å². The summed E-state index contributed by atoms with van der Waals surface area (Å²) < 4.78 is 63.3. The fourth-order valence-corrected chi connectivity index (χ4v) is 15.0. The first kappa shape index (κ1) is 56.1. The molecule has 6 aliphatic heterocycles. The maximum atomic E-state index is 14.0. The third-order valence-electron chi connectivity index (χ3n) is 15.3. The Morgan fingerprint density at radius 3 is 2.31 bits per heavy atom. The minimum absolute atomic E-state index is 0.0473. The van der Waals surface area contributed by atoms with Crippen molar-refractivity contribution in [2.24, 2.45) is 0 Å². The number of hydrogen-bond donors (Lipinski definition) is 8. The summed E-state index contributed by atoms with van der Waals surface area (Å²) in [5.74, 6) is -0.444. The highest BCUT2D eigenvalue weighted by Crippen LogP contribution is 2.66. The molecule has 11 rings (SSSR count). The van der Waals surface area contributed by atoms with E-state index in [0.29, 0.717) is 42.9 Å². The molecule has 8 heterocycles. The highest BCUT2D eigenvalue weighted by atomic mass is 31.3. The number of aliphatic hydroxyl groups is 2. The maximum absolute atomic E-state index is 14.0. The molecule has 0 aliphatic carbocycles. The summed E-state index contributed by atoms with van der Waals surface area (Å²) >= 11 is 0. The van der Waals surface area contributed by atoms with Crippen LogP contribution < -0.4 is 40.5 Å². The number of anilines is 2. The van der Waals surface area contributed by atoms with E-state index in [2.05, 4.69) is 60.3 Å². The van der Waals surface area contributed by atoms with Gasteiger partial charge in [-0.05, 0) is 80.7 Å². The van der Waals surface area contributed by atoms with Gasteiger partial charge in [0.25, 0.3) is 0 Å². The Morgan fingerprint density at radius 1 is 0.800 bits per heavy atom. The molecule has 1 fully saturated rings. The Hall–Kier alpha value is -5.82. The average Bonchev–Trinajstić information content (AvgIpc) is 2.19. The number of benzene rings is 3. The number of carboxylic acids is 1. The molecule has 0 saturated carbocycles. The molecule has 26 nitrogen and oxygen atoms in total. The molecule has 426 valence electrons. The lowest BCUT2D eigenvalue weighted by molar-refractivity contribution is -0.255. The molecule has 29 heteroatoms. The van der Waals surface area contributed by atoms with Gasteiger partial charge in [-0.1, -0.05) is 25.0 Å². The van der Waals surface area contributed by atoms with E-state index in [1.165, 1.54) is 51.5 Å². The molecule has 0 bridgehead atoms. The van der Waals surface area contributed by atoms with E-state index in [1.54, 1.807) is 6.07 Å². The van der Waals surface area contributed by atoms with Crippen molar-refractivity contribution in [1.29, 1.82) is 0 Å². The number of ether oxygens (including phenoxy) is 2. The first-order chi connectivity index (χ1) is 38.2. The van der Waals surface area contributed by atoms with Crippen LogP contribution in [0.4, 0.5) is 11.5 Å². The second-order valence-corrected chi connectivity index (χ2v) is 25.1. The zero-order valence-electron chi connectivity index (χ0n) is 43.1. The molecule has 3 aromatic carbocycles. The van der Waals surface area contributed by atoms with Gasteiger partial charge in [-0.25, -0.2) is 33.2 Å². The van der Waals surface area contributed by atoms with E-state index in [4.69, 9.17) is 19.3 Å². The number of imidazole rings is 1. The number of carbonyl (C=O) groups excluding carboxylic acids is 3. The average molecular weight is 1160 g/mol. The first-order valence-corrected chi connectivity index (χ1v) is 31.1. The Morgan fingerprint density at radius 2 is 1.54 bits per heavy atom. The van der Waals surface area contributed by atoms with Gasteiger partial charge in [0.2, 0.25) is 11.3 Å². The topological polar surface area (TPSA) is 367 Å². The molecule has 0 spiro atoms. The minimum atomic E-state index is -5.79. The van der Waals surface area contributed by atoms with Crippen LogP contribution in [0.3, 0.4) is 0 Å². The predicted octanol–water partition coefficient (Wildman–Crippen LogP) is 1.95. The fourth-order valence-electron chi connectivity index (χ4n) is 12.0. The summed E-state index contributed by atoms with van der Waals surface area (Å²) in [5, 5.41) is 42.6. The third kappa shape index (κ3) is 11.4. The number of aromatic carboxylic acids is 1. The molecular weight excluding hydrogens is 1110 g/mol. The molecule has 6 aliphatic rings. The quantitative estimate of drug-likeness (QED) is 0.0168. The van der Waals surface area contributed by atoms with Gasteiger partial charge in [0.15, 0.2) is 29.0 Å². The number of carbonyl (C=O) groups is 3. The van der Waals surface area contributed by atoms with E-state index in [1.807, 2.05) is 0 Å². The molecule has 5 aromatic rings. The van der Waals surface area contributed by atoms with E-state index in [9.17, 15) is 53.2 Å². The molecule has 6 atom stereocenters. The van der Waals surface area contributed by atoms with Gasteiger partial charge in [-0.2, -0.15) is 8.62 Å². The second kappa shape index (κ2) is 22.5. The molecule has 1 saturated heterocycles. The summed E-state index contributed by atoms with van der Waals surface area (Å²) in [6.45, 7) is 3.67. The smallest absolute Gasteiger partial charge is 0.490 e. The highest BCUT2D eigenvalue weighted by molar-refractivity contribution is 7.66. The monoisotopic (exact) mass is 1160 g/mol. The normalized spacial score (nSPS) is 21.6. The number of unbranched alkanes of at least 4 members (excludes halogenated alkanes) is 3. The number of aromatic nitrogens is 4. The number of carboxylic acid groups (broad SMARTS) is 1. The number of hydrogen-bond acceptors (Lipinski definition) is 19. The van der Waals surface area contributed by atoms with Crippen molar-refractivity contribution < 1.29 is 85.6 Å². The lowest BCUT2D eigenvalue weighted by Gasteiger charge is -2.39. The van der Waals surface area contributed by atoms with Gasteiger partial charge in [0.05, 0.1) is 30.9 Å². The van der Waals surface area contributed by atoms with Gasteiger partial charge in [0.1, 0.15) is 49.2 Å².